The molecule has 3 heteroatoms. The molecule has 0 aromatic rings. The molecule has 2 N–H and O–H groups in total. The van der Waals surface area contributed by atoms with Crippen LogP contribution in [0.3, 0.4) is 0 Å². The number of nitrogens with zero attached hydrogens (tertiary/aromatic N) is 1. The standard InChI is InChI=1S/C11H22N2O/c1-11(14-2)7-13(8-11)10-5-3-9(12)4-6-10/h9-10H,3-8,12H2,1-2H3. The summed E-state index contributed by atoms with van der Waals surface area (Å²) in [6.45, 7) is 4.39. The van der Waals surface area contributed by atoms with Crippen LogP contribution in [0.15, 0.2) is 0 Å². The fourth-order valence-electron chi connectivity index (χ4n) is 2.67. The van der Waals surface area contributed by atoms with Crippen molar-refractivity contribution in [3.8, 4) is 0 Å². The van der Waals surface area contributed by atoms with E-state index in [1.165, 1.54) is 25.7 Å². The molecule has 1 saturated heterocycles. The summed E-state index contributed by atoms with van der Waals surface area (Å²) in [6, 6.07) is 1.24. The van der Waals surface area contributed by atoms with Gasteiger partial charge in [0.2, 0.25) is 0 Å². The Morgan fingerprint density at radius 2 is 1.79 bits per heavy atom. The van der Waals surface area contributed by atoms with Gasteiger partial charge in [-0.05, 0) is 32.6 Å². The SMILES string of the molecule is COC1(C)CN(C2CCC(N)CC2)C1. The molecule has 2 rings (SSSR count). The highest BCUT2D eigenvalue weighted by molar-refractivity contribution is 4.97. The van der Waals surface area contributed by atoms with Gasteiger partial charge in [0.05, 0.1) is 5.60 Å². The highest BCUT2D eigenvalue weighted by atomic mass is 16.5. The molecule has 82 valence electrons. The second-order valence-electron chi connectivity index (χ2n) is 5.13. The first-order chi connectivity index (χ1) is 6.63. The van der Waals surface area contributed by atoms with Crippen LogP contribution in [-0.2, 0) is 4.74 Å². The number of methoxy groups -OCH3 is 1. The smallest absolute Gasteiger partial charge is 0.0903 e. The van der Waals surface area contributed by atoms with Gasteiger partial charge in [0.25, 0.3) is 0 Å². The molecule has 0 amide bonds. The summed E-state index contributed by atoms with van der Waals surface area (Å²) in [5.41, 5.74) is 6.02. The topological polar surface area (TPSA) is 38.5 Å². The molecule has 0 atom stereocenters. The highest BCUT2D eigenvalue weighted by Crippen LogP contribution is 2.31. The average Bonchev–Trinajstić information content (AvgIpc) is 2.15. The molecule has 2 aliphatic rings. The predicted octanol–water partition coefficient (Wildman–Crippen LogP) is 0.977. The third-order valence-corrected chi connectivity index (χ3v) is 3.83. The van der Waals surface area contributed by atoms with E-state index in [-0.39, 0.29) is 5.60 Å². The van der Waals surface area contributed by atoms with Crippen molar-refractivity contribution in [3.05, 3.63) is 0 Å². The van der Waals surface area contributed by atoms with Crippen LogP contribution < -0.4 is 5.73 Å². The number of ether oxygens (including phenoxy) is 1. The Balaban J connectivity index is 1.77. The summed E-state index contributed by atoms with van der Waals surface area (Å²) in [6.07, 6.45) is 4.96. The highest BCUT2D eigenvalue weighted by Gasteiger charge is 2.42. The molecule has 0 spiro atoms. The molecule has 14 heavy (non-hydrogen) atoms. The monoisotopic (exact) mass is 198 g/mol. The average molecular weight is 198 g/mol. The van der Waals surface area contributed by atoms with Gasteiger partial charge in [-0.1, -0.05) is 0 Å². The molecule has 3 nitrogen and oxygen atoms in total. The first kappa shape index (κ1) is 10.4. The third kappa shape index (κ3) is 1.95. The quantitative estimate of drug-likeness (QED) is 0.719. The minimum atomic E-state index is 0.125. The van der Waals surface area contributed by atoms with Gasteiger partial charge in [-0.3, -0.25) is 4.90 Å². The fourth-order valence-corrected chi connectivity index (χ4v) is 2.67. The fraction of sp³-hybridized carbons (Fsp3) is 1.00. The Hall–Kier alpha value is -0.120. The van der Waals surface area contributed by atoms with Gasteiger partial charge in [-0.25, -0.2) is 0 Å². The summed E-state index contributed by atoms with van der Waals surface area (Å²) in [4.78, 5) is 2.55. The van der Waals surface area contributed by atoms with E-state index in [9.17, 15) is 0 Å². The molecule has 0 aromatic heterocycles. The van der Waals surface area contributed by atoms with Gasteiger partial charge < -0.3 is 10.5 Å². The van der Waals surface area contributed by atoms with E-state index in [4.69, 9.17) is 10.5 Å². The third-order valence-electron chi connectivity index (χ3n) is 3.83. The zero-order chi connectivity index (χ0) is 10.2. The van der Waals surface area contributed by atoms with Crippen molar-refractivity contribution in [2.75, 3.05) is 20.2 Å². The van der Waals surface area contributed by atoms with E-state index in [1.54, 1.807) is 0 Å². The van der Waals surface area contributed by atoms with Crippen LogP contribution >= 0.6 is 0 Å². The Labute approximate surface area is 86.6 Å². The van der Waals surface area contributed by atoms with Gasteiger partial charge in [0.15, 0.2) is 0 Å². The summed E-state index contributed by atoms with van der Waals surface area (Å²) in [7, 11) is 1.81. The lowest BCUT2D eigenvalue weighted by Gasteiger charge is -2.51. The van der Waals surface area contributed by atoms with Crippen molar-refractivity contribution in [1.82, 2.24) is 4.90 Å². The molecule has 0 bridgehead atoms. The van der Waals surface area contributed by atoms with Crippen LogP contribution in [0.4, 0.5) is 0 Å². The van der Waals surface area contributed by atoms with Crippen molar-refractivity contribution in [3.63, 3.8) is 0 Å². The van der Waals surface area contributed by atoms with Crippen molar-refractivity contribution in [2.24, 2.45) is 5.73 Å². The molecule has 1 aliphatic heterocycles. The minimum Gasteiger partial charge on any atom is -0.376 e. The summed E-state index contributed by atoms with van der Waals surface area (Å²) < 4.78 is 5.45. The van der Waals surface area contributed by atoms with Crippen LogP contribution in [0.2, 0.25) is 0 Å². The molecule has 1 heterocycles. The van der Waals surface area contributed by atoms with E-state index in [1.807, 2.05) is 7.11 Å². The first-order valence-electron chi connectivity index (χ1n) is 5.68. The molecule has 0 unspecified atom stereocenters. The number of hydrogen-bond acceptors (Lipinski definition) is 3. The van der Waals surface area contributed by atoms with Gasteiger partial charge in [-0.15, -0.1) is 0 Å². The van der Waals surface area contributed by atoms with Gasteiger partial charge in [-0.2, -0.15) is 0 Å². The zero-order valence-corrected chi connectivity index (χ0v) is 9.33. The van der Waals surface area contributed by atoms with E-state index in [0.717, 1.165) is 19.1 Å². The van der Waals surface area contributed by atoms with E-state index in [2.05, 4.69) is 11.8 Å². The van der Waals surface area contributed by atoms with Gasteiger partial charge >= 0.3 is 0 Å². The molecular weight excluding hydrogens is 176 g/mol. The Kier molecular flexibility index (Phi) is 2.82. The molecule has 0 radical (unpaired) electrons. The molecule has 2 fully saturated rings. The largest absolute Gasteiger partial charge is 0.376 e. The number of likely N-dealkylation sites (tertiary alicyclic amines) is 1. The summed E-state index contributed by atoms with van der Waals surface area (Å²) >= 11 is 0. The molecule has 1 saturated carbocycles. The number of rotatable bonds is 2. The minimum absolute atomic E-state index is 0.125. The van der Waals surface area contributed by atoms with Crippen molar-refractivity contribution in [2.45, 2.75) is 50.3 Å². The van der Waals surface area contributed by atoms with Crippen LogP contribution in [0.25, 0.3) is 0 Å². The van der Waals surface area contributed by atoms with E-state index >= 15 is 0 Å². The van der Waals surface area contributed by atoms with Crippen LogP contribution in [0.1, 0.15) is 32.6 Å². The zero-order valence-electron chi connectivity index (χ0n) is 9.33. The lowest BCUT2D eigenvalue weighted by Crippen LogP contribution is -2.64. The van der Waals surface area contributed by atoms with E-state index in [0.29, 0.717) is 6.04 Å². The predicted molar refractivity (Wildman–Crippen MR) is 57.2 cm³/mol. The maximum absolute atomic E-state index is 5.89. The first-order valence-corrected chi connectivity index (χ1v) is 5.68. The molecular formula is C11H22N2O. The maximum Gasteiger partial charge on any atom is 0.0903 e. The van der Waals surface area contributed by atoms with Crippen LogP contribution in [0, 0.1) is 0 Å². The number of nitrogens with two attached hydrogens (primary N) is 1. The Bertz CT molecular complexity index is 193. The second-order valence-corrected chi connectivity index (χ2v) is 5.13. The van der Waals surface area contributed by atoms with Gasteiger partial charge in [0, 0.05) is 32.3 Å². The van der Waals surface area contributed by atoms with Crippen LogP contribution in [0.5, 0.6) is 0 Å². The lowest BCUT2D eigenvalue weighted by molar-refractivity contribution is -0.130. The molecule has 0 aromatic carbocycles. The van der Waals surface area contributed by atoms with Crippen molar-refractivity contribution in [1.29, 1.82) is 0 Å². The lowest BCUT2D eigenvalue weighted by atomic mass is 9.86. The Morgan fingerprint density at radius 1 is 1.21 bits per heavy atom. The molecule has 1 aliphatic carbocycles. The second kappa shape index (κ2) is 3.80. The number of hydrogen-bond donors (Lipinski definition) is 1. The van der Waals surface area contributed by atoms with Gasteiger partial charge in [0.1, 0.15) is 0 Å². The summed E-state index contributed by atoms with van der Waals surface area (Å²) in [5.74, 6) is 0. The van der Waals surface area contributed by atoms with E-state index < -0.39 is 0 Å². The maximum atomic E-state index is 5.89. The normalized spacial score (nSPS) is 37.9. The summed E-state index contributed by atoms with van der Waals surface area (Å²) in [5, 5.41) is 0. The van der Waals surface area contributed by atoms with Crippen molar-refractivity contribution >= 4 is 0 Å². The van der Waals surface area contributed by atoms with Crippen LogP contribution in [-0.4, -0.2) is 42.8 Å². The Morgan fingerprint density at radius 3 is 2.29 bits per heavy atom. The van der Waals surface area contributed by atoms with Crippen molar-refractivity contribution < 1.29 is 4.74 Å².